The van der Waals surface area contributed by atoms with Crippen molar-refractivity contribution in [2.24, 2.45) is 5.92 Å². The van der Waals surface area contributed by atoms with Gasteiger partial charge < -0.3 is 9.88 Å². The molecule has 2 aliphatic heterocycles. The van der Waals surface area contributed by atoms with Crippen molar-refractivity contribution in [2.75, 3.05) is 13.1 Å². The second-order valence-corrected chi connectivity index (χ2v) is 8.34. The predicted octanol–water partition coefficient (Wildman–Crippen LogP) is 0.710. The number of fused-ring (bicyclic) bond motifs is 2. The number of hydrogen-bond acceptors (Lipinski definition) is 4. The quantitative estimate of drug-likeness (QED) is 0.840. The number of benzene rings is 1. The van der Waals surface area contributed by atoms with E-state index in [9.17, 15) is 13.2 Å². The Morgan fingerprint density at radius 3 is 3.08 bits per heavy atom. The van der Waals surface area contributed by atoms with Crippen LogP contribution in [0.3, 0.4) is 0 Å². The van der Waals surface area contributed by atoms with E-state index in [2.05, 4.69) is 19.6 Å². The van der Waals surface area contributed by atoms with Gasteiger partial charge in [0.15, 0.2) is 0 Å². The van der Waals surface area contributed by atoms with Gasteiger partial charge in [-0.15, -0.1) is 0 Å². The van der Waals surface area contributed by atoms with Gasteiger partial charge in [-0.25, -0.2) is 18.1 Å². The molecule has 8 heteroatoms. The fourth-order valence-corrected chi connectivity index (χ4v) is 4.61. The van der Waals surface area contributed by atoms with E-state index in [1.54, 1.807) is 18.3 Å². The summed E-state index contributed by atoms with van der Waals surface area (Å²) in [6, 6.07) is 4.79. The Morgan fingerprint density at radius 1 is 1.32 bits per heavy atom. The maximum Gasteiger partial charge on any atom is 0.251 e. The highest BCUT2D eigenvalue weighted by molar-refractivity contribution is 7.89. The Morgan fingerprint density at radius 2 is 2.20 bits per heavy atom. The minimum absolute atomic E-state index is 0.141. The molecule has 0 bridgehead atoms. The van der Waals surface area contributed by atoms with Crippen molar-refractivity contribution in [3.8, 4) is 0 Å². The first-order valence-electron chi connectivity index (χ1n) is 8.44. The number of nitrogens with one attached hydrogen (secondary N) is 2. The molecule has 25 heavy (non-hydrogen) atoms. The van der Waals surface area contributed by atoms with Crippen LogP contribution in [0.4, 0.5) is 0 Å². The third kappa shape index (κ3) is 3.19. The van der Waals surface area contributed by atoms with Crippen molar-refractivity contribution < 1.29 is 13.2 Å². The Bertz CT molecular complexity index is 920. The van der Waals surface area contributed by atoms with Gasteiger partial charge in [0, 0.05) is 44.0 Å². The highest BCUT2D eigenvalue weighted by Gasteiger charge is 2.24. The van der Waals surface area contributed by atoms with Crippen molar-refractivity contribution in [2.45, 2.75) is 30.7 Å². The summed E-state index contributed by atoms with van der Waals surface area (Å²) in [7, 11) is -3.64. The van der Waals surface area contributed by atoms with Crippen LogP contribution >= 0.6 is 0 Å². The van der Waals surface area contributed by atoms with Gasteiger partial charge in [0.25, 0.3) is 5.91 Å². The first-order chi connectivity index (χ1) is 12.0. The van der Waals surface area contributed by atoms with E-state index in [1.807, 2.05) is 6.20 Å². The van der Waals surface area contributed by atoms with Crippen LogP contribution < -0.4 is 10.0 Å². The van der Waals surface area contributed by atoms with Crippen molar-refractivity contribution >= 4 is 15.9 Å². The number of carbonyl (C=O) groups is 1. The van der Waals surface area contributed by atoms with Gasteiger partial charge in [-0.1, -0.05) is 6.07 Å². The molecule has 0 fully saturated rings. The minimum atomic E-state index is -3.64. The lowest BCUT2D eigenvalue weighted by Gasteiger charge is -2.24. The van der Waals surface area contributed by atoms with Gasteiger partial charge >= 0.3 is 0 Å². The average molecular weight is 360 g/mol. The summed E-state index contributed by atoms with van der Waals surface area (Å²) in [6.07, 6.45) is 6.20. The molecule has 7 nitrogen and oxygen atoms in total. The summed E-state index contributed by atoms with van der Waals surface area (Å²) >= 11 is 0. The lowest BCUT2D eigenvalue weighted by molar-refractivity contribution is 0.0945. The lowest BCUT2D eigenvalue weighted by atomic mass is 10.00. The van der Waals surface area contributed by atoms with E-state index in [4.69, 9.17) is 0 Å². The first kappa shape index (κ1) is 16.3. The Labute approximate surface area is 146 Å². The number of imidazole rings is 1. The molecule has 0 unspecified atom stereocenters. The van der Waals surface area contributed by atoms with Crippen molar-refractivity contribution in [3.63, 3.8) is 0 Å². The molecule has 0 aliphatic carbocycles. The number of aryl methyl sites for hydroxylation is 1. The first-order valence-corrected chi connectivity index (χ1v) is 9.92. The maximum atomic E-state index is 12.6. The molecular formula is C17H20N4O3S. The molecule has 132 valence electrons. The van der Waals surface area contributed by atoms with Crippen LogP contribution in [0.25, 0.3) is 0 Å². The highest BCUT2D eigenvalue weighted by atomic mass is 32.2. The zero-order valence-electron chi connectivity index (χ0n) is 13.7. The molecule has 3 heterocycles. The van der Waals surface area contributed by atoms with Crippen LogP contribution in [0.1, 0.15) is 28.2 Å². The zero-order valence-corrected chi connectivity index (χ0v) is 14.6. The standard InChI is InChI=1S/C17H20N4O3S/c22-17-15-9-14(3-2-13(15)5-6-19-17)25(23,24)20-10-12-1-4-16-18-7-8-21(16)11-12/h2-3,7-9,12,20H,1,4-6,10-11H2,(H,19,22)/t12-/m0/s1. The summed E-state index contributed by atoms with van der Waals surface area (Å²) in [6.45, 7) is 1.74. The summed E-state index contributed by atoms with van der Waals surface area (Å²) in [4.78, 5) is 16.3. The Kier molecular flexibility index (Phi) is 4.09. The number of nitrogens with zero attached hydrogens (tertiary/aromatic N) is 2. The second kappa shape index (κ2) is 6.27. The fraction of sp³-hybridized carbons (Fsp3) is 0.412. The molecule has 0 saturated heterocycles. The highest BCUT2D eigenvalue weighted by Crippen LogP contribution is 2.21. The molecule has 2 aliphatic rings. The number of sulfonamides is 1. The van der Waals surface area contributed by atoms with Crippen LogP contribution in [-0.2, 0) is 29.4 Å². The smallest absolute Gasteiger partial charge is 0.251 e. The molecule has 0 spiro atoms. The van der Waals surface area contributed by atoms with Crippen LogP contribution in [0.5, 0.6) is 0 Å². The topological polar surface area (TPSA) is 93.1 Å². The molecule has 1 atom stereocenters. The van der Waals surface area contributed by atoms with Gasteiger partial charge in [0.1, 0.15) is 5.82 Å². The molecule has 2 aromatic rings. The summed E-state index contributed by atoms with van der Waals surface area (Å²) in [5, 5.41) is 2.74. The molecule has 2 N–H and O–H groups in total. The van der Waals surface area contributed by atoms with Crippen LogP contribution in [0, 0.1) is 5.92 Å². The maximum absolute atomic E-state index is 12.6. The molecule has 0 saturated carbocycles. The minimum Gasteiger partial charge on any atom is -0.352 e. The largest absolute Gasteiger partial charge is 0.352 e. The monoisotopic (exact) mass is 360 g/mol. The van der Waals surface area contributed by atoms with Crippen LogP contribution in [0.15, 0.2) is 35.5 Å². The van der Waals surface area contributed by atoms with Gasteiger partial charge in [-0.2, -0.15) is 0 Å². The molecule has 1 aromatic carbocycles. The summed E-state index contributed by atoms with van der Waals surface area (Å²) < 4.78 is 30.0. The number of rotatable bonds is 4. The van der Waals surface area contributed by atoms with E-state index in [1.165, 1.54) is 6.07 Å². The molecule has 4 rings (SSSR count). The molecule has 1 aromatic heterocycles. The third-order valence-corrected chi connectivity index (χ3v) is 6.33. The number of aromatic nitrogens is 2. The SMILES string of the molecule is O=C1NCCc2ccc(S(=O)(=O)NC[C@@H]3CCc4nccn4C3)cc21. The third-order valence-electron chi connectivity index (χ3n) is 4.91. The van der Waals surface area contributed by atoms with E-state index in [-0.39, 0.29) is 16.7 Å². The van der Waals surface area contributed by atoms with Crippen molar-refractivity contribution in [3.05, 3.63) is 47.5 Å². The summed E-state index contributed by atoms with van der Waals surface area (Å²) in [5.74, 6) is 1.08. The Balaban J connectivity index is 1.47. The van der Waals surface area contributed by atoms with Crippen molar-refractivity contribution in [1.82, 2.24) is 19.6 Å². The van der Waals surface area contributed by atoms with E-state index in [0.29, 0.717) is 18.7 Å². The van der Waals surface area contributed by atoms with Crippen molar-refractivity contribution in [1.29, 1.82) is 0 Å². The number of carbonyl (C=O) groups excluding carboxylic acids is 1. The lowest BCUT2D eigenvalue weighted by Crippen LogP contribution is -2.34. The van der Waals surface area contributed by atoms with E-state index >= 15 is 0 Å². The normalized spacial score (nSPS) is 19.8. The number of hydrogen-bond donors (Lipinski definition) is 2. The second-order valence-electron chi connectivity index (χ2n) is 6.58. The summed E-state index contributed by atoms with van der Waals surface area (Å²) in [5.41, 5.74) is 1.34. The molecular weight excluding hydrogens is 340 g/mol. The average Bonchev–Trinajstić information content (AvgIpc) is 3.08. The number of amides is 1. The van der Waals surface area contributed by atoms with E-state index < -0.39 is 10.0 Å². The van der Waals surface area contributed by atoms with Gasteiger partial charge in [-0.3, -0.25) is 4.79 Å². The van der Waals surface area contributed by atoms with Gasteiger partial charge in [0.05, 0.1) is 4.90 Å². The van der Waals surface area contributed by atoms with Gasteiger partial charge in [-0.05, 0) is 36.5 Å². The van der Waals surface area contributed by atoms with Crippen LogP contribution in [0.2, 0.25) is 0 Å². The predicted molar refractivity (Wildman–Crippen MR) is 91.7 cm³/mol. The molecule has 0 radical (unpaired) electrons. The Hall–Kier alpha value is -2.19. The molecule has 1 amide bonds. The van der Waals surface area contributed by atoms with E-state index in [0.717, 1.165) is 37.2 Å². The van der Waals surface area contributed by atoms with Crippen LogP contribution in [-0.4, -0.2) is 37.0 Å². The van der Waals surface area contributed by atoms with Gasteiger partial charge in [0.2, 0.25) is 10.0 Å². The fourth-order valence-electron chi connectivity index (χ4n) is 3.47. The zero-order chi connectivity index (χ0) is 17.4.